The minimum absolute atomic E-state index is 0.359. The van der Waals surface area contributed by atoms with E-state index in [1.54, 1.807) is 0 Å². The van der Waals surface area contributed by atoms with Crippen molar-refractivity contribution in [3.63, 3.8) is 0 Å². The first kappa shape index (κ1) is 8.54. The standard InChI is InChI=1S/C9H9BrClN/c10-7-3-5(1-2-8(7)11)6-4-9(6)12/h1-3,6,9H,4,12H2. The van der Waals surface area contributed by atoms with Crippen LogP contribution in [0.25, 0.3) is 0 Å². The number of rotatable bonds is 1. The van der Waals surface area contributed by atoms with Crippen LogP contribution in [0.15, 0.2) is 22.7 Å². The Hall–Kier alpha value is -0.0500. The predicted octanol–water partition coefficient (Wildman–Crippen LogP) is 2.92. The van der Waals surface area contributed by atoms with Gasteiger partial charge in [-0.25, -0.2) is 0 Å². The summed E-state index contributed by atoms with van der Waals surface area (Å²) in [5.41, 5.74) is 7.03. The SMILES string of the molecule is NC1CC1c1ccc(Cl)c(Br)c1. The third kappa shape index (κ3) is 1.51. The third-order valence-electron chi connectivity index (χ3n) is 2.21. The van der Waals surface area contributed by atoms with Gasteiger partial charge >= 0.3 is 0 Å². The van der Waals surface area contributed by atoms with E-state index in [-0.39, 0.29) is 0 Å². The summed E-state index contributed by atoms with van der Waals surface area (Å²) < 4.78 is 0.959. The van der Waals surface area contributed by atoms with Crippen LogP contribution >= 0.6 is 27.5 Å². The van der Waals surface area contributed by atoms with Gasteiger partial charge in [0.15, 0.2) is 0 Å². The van der Waals surface area contributed by atoms with E-state index in [0.29, 0.717) is 12.0 Å². The van der Waals surface area contributed by atoms with Crippen molar-refractivity contribution in [2.24, 2.45) is 5.73 Å². The molecule has 0 amide bonds. The molecule has 2 rings (SSSR count). The Bertz CT molecular complexity index is 313. The summed E-state index contributed by atoms with van der Waals surface area (Å²) in [6.45, 7) is 0. The van der Waals surface area contributed by atoms with Crippen LogP contribution in [0.1, 0.15) is 17.9 Å². The number of hydrogen-bond donors (Lipinski definition) is 1. The molecule has 1 aromatic carbocycles. The van der Waals surface area contributed by atoms with E-state index in [1.807, 2.05) is 12.1 Å². The van der Waals surface area contributed by atoms with Gasteiger partial charge in [0.2, 0.25) is 0 Å². The topological polar surface area (TPSA) is 26.0 Å². The van der Waals surface area contributed by atoms with Gasteiger partial charge in [-0.05, 0) is 40.0 Å². The lowest BCUT2D eigenvalue weighted by Crippen LogP contribution is -2.00. The molecule has 0 aromatic heterocycles. The van der Waals surface area contributed by atoms with Gasteiger partial charge in [-0.15, -0.1) is 0 Å². The minimum atomic E-state index is 0.359. The summed E-state index contributed by atoms with van der Waals surface area (Å²) >= 11 is 9.25. The molecule has 2 N–H and O–H groups in total. The molecule has 0 bridgehead atoms. The van der Waals surface area contributed by atoms with Gasteiger partial charge < -0.3 is 5.73 Å². The molecule has 64 valence electrons. The van der Waals surface area contributed by atoms with Crippen LogP contribution in [0.5, 0.6) is 0 Å². The maximum absolute atomic E-state index is 5.86. The van der Waals surface area contributed by atoms with E-state index in [9.17, 15) is 0 Å². The first-order valence-corrected chi connectivity index (χ1v) is 5.06. The van der Waals surface area contributed by atoms with Crippen LogP contribution in [0.4, 0.5) is 0 Å². The summed E-state index contributed by atoms with van der Waals surface area (Å²) in [4.78, 5) is 0. The fourth-order valence-corrected chi connectivity index (χ4v) is 1.85. The second-order valence-electron chi connectivity index (χ2n) is 3.18. The normalized spacial score (nSPS) is 27.2. The molecule has 1 aliphatic carbocycles. The van der Waals surface area contributed by atoms with Crippen LogP contribution in [-0.4, -0.2) is 6.04 Å². The van der Waals surface area contributed by atoms with Crippen LogP contribution in [0, 0.1) is 0 Å². The quantitative estimate of drug-likeness (QED) is 0.810. The fourth-order valence-electron chi connectivity index (χ4n) is 1.34. The molecule has 1 aliphatic rings. The highest BCUT2D eigenvalue weighted by Crippen LogP contribution is 2.40. The Balaban J connectivity index is 2.29. The van der Waals surface area contributed by atoms with Crippen LogP contribution in [0.2, 0.25) is 5.02 Å². The zero-order chi connectivity index (χ0) is 8.72. The van der Waals surface area contributed by atoms with Crippen molar-refractivity contribution < 1.29 is 0 Å². The molecule has 1 nitrogen and oxygen atoms in total. The van der Waals surface area contributed by atoms with Gasteiger partial charge in [0.25, 0.3) is 0 Å². The maximum atomic E-state index is 5.86. The van der Waals surface area contributed by atoms with Gasteiger partial charge in [0, 0.05) is 16.4 Å². The Morgan fingerprint density at radius 1 is 1.50 bits per heavy atom. The minimum Gasteiger partial charge on any atom is -0.327 e. The lowest BCUT2D eigenvalue weighted by molar-refractivity contribution is 0.990. The second kappa shape index (κ2) is 3.02. The molecule has 2 unspecified atom stereocenters. The van der Waals surface area contributed by atoms with Crippen LogP contribution in [-0.2, 0) is 0 Å². The predicted molar refractivity (Wildman–Crippen MR) is 54.5 cm³/mol. The Kier molecular flexibility index (Phi) is 2.15. The smallest absolute Gasteiger partial charge is 0.0548 e. The largest absolute Gasteiger partial charge is 0.327 e. The third-order valence-corrected chi connectivity index (χ3v) is 3.43. The molecule has 1 aromatic rings. The van der Waals surface area contributed by atoms with Crippen molar-refractivity contribution in [1.29, 1.82) is 0 Å². The summed E-state index contributed by atoms with van der Waals surface area (Å²) in [6.07, 6.45) is 1.11. The van der Waals surface area contributed by atoms with Crippen molar-refractivity contribution >= 4 is 27.5 Å². The molecule has 1 saturated carbocycles. The Morgan fingerprint density at radius 3 is 2.67 bits per heavy atom. The van der Waals surface area contributed by atoms with Gasteiger partial charge in [0.05, 0.1) is 5.02 Å². The number of benzene rings is 1. The van der Waals surface area contributed by atoms with E-state index in [2.05, 4.69) is 22.0 Å². The summed E-state index contributed by atoms with van der Waals surface area (Å²) in [7, 11) is 0. The molecule has 0 spiro atoms. The molecule has 12 heavy (non-hydrogen) atoms. The highest BCUT2D eigenvalue weighted by molar-refractivity contribution is 9.10. The number of hydrogen-bond acceptors (Lipinski definition) is 1. The highest BCUT2D eigenvalue weighted by atomic mass is 79.9. The average Bonchev–Trinajstić information content (AvgIpc) is 2.73. The van der Waals surface area contributed by atoms with Gasteiger partial charge in [-0.3, -0.25) is 0 Å². The molecular weight excluding hydrogens is 237 g/mol. The zero-order valence-electron chi connectivity index (χ0n) is 6.43. The Morgan fingerprint density at radius 2 is 2.17 bits per heavy atom. The van der Waals surface area contributed by atoms with Crippen LogP contribution in [0.3, 0.4) is 0 Å². The molecular formula is C9H9BrClN. The molecule has 2 atom stereocenters. The summed E-state index contributed by atoms with van der Waals surface area (Å²) in [6, 6.07) is 6.37. The zero-order valence-corrected chi connectivity index (χ0v) is 8.77. The molecule has 3 heteroatoms. The van der Waals surface area contributed by atoms with Crippen molar-refractivity contribution in [2.45, 2.75) is 18.4 Å². The summed E-state index contributed by atoms with van der Waals surface area (Å²) in [5, 5.41) is 0.757. The van der Waals surface area contributed by atoms with Crippen molar-refractivity contribution in [3.05, 3.63) is 33.3 Å². The first-order chi connectivity index (χ1) is 5.68. The number of halogens is 2. The molecule has 0 saturated heterocycles. The summed E-state index contributed by atoms with van der Waals surface area (Å²) in [5.74, 6) is 0.554. The molecule has 0 aliphatic heterocycles. The lowest BCUT2D eigenvalue weighted by Gasteiger charge is -2.00. The van der Waals surface area contributed by atoms with E-state index in [4.69, 9.17) is 17.3 Å². The van der Waals surface area contributed by atoms with E-state index < -0.39 is 0 Å². The first-order valence-electron chi connectivity index (χ1n) is 3.89. The monoisotopic (exact) mass is 245 g/mol. The highest BCUT2D eigenvalue weighted by Gasteiger charge is 2.34. The Labute approximate surface area is 85.0 Å². The fraction of sp³-hybridized carbons (Fsp3) is 0.333. The average molecular weight is 247 g/mol. The molecule has 0 radical (unpaired) electrons. The second-order valence-corrected chi connectivity index (χ2v) is 4.44. The van der Waals surface area contributed by atoms with Crippen molar-refractivity contribution in [3.8, 4) is 0 Å². The van der Waals surface area contributed by atoms with Gasteiger partial charge in [0.1, 0.15) is 0 Å². The van der Waals surface area contributed by atoms with Crippen molar-refractivity contribution in [1.82, 2.24) is 0 Å². The lowest BCUT2D eigenvalue weighted by atomic mass is 10.1. The van der Waals surface area contributed by atoms with Crippen molar-refractivity contribution in [2.75, 3.05) is 0 Å². The van der Waals surface area contributed by atoms with Gasteiger partial charge in [-0.1, -0.05) is 17.7 Å². The molecule has 0 heterocycles. The van der Waals surface area contributed by atoms with E-state index in [0.717, 1.165) is 15.9 Å². The maximum Gasteiger partial charge on any atom is 0.0548 e. The van der Waals surface area contributed by atoms with E-state index >= 15 is 0 Å². The van der Waals surface area contributed by atoms with E-state index in [1.165, 1.54) is 5.56 Å². The van der Waals surface area contributed by atoms with Crippen LogP contribution < -0.4 is 5.73 Å². The van der Waals surface area contributed by atoms with Gasteiger partial charge in [-0.2, -0.15) is 0 Å². The molecule has 1 fully saturated rings. The number of nitrogens with two attached hydrogens (primary N) is 1.